The van der Waals surface area contributed by atoms with Gasteiger partial charge in [-0.15, -0.1) is 0 Å². The topological polar surface area (TPSA) is 125 Å². The third kappa shape index (κ3) is 8.06. The lowest BCUT2D eigenvalue weighted by Gasteiger charge is -2.17. The van der Waals surface area contributed by atoms with E-state index in [0.29, 0.717) is 30.2 Å². The molecule has 6 N–H and O–H groups in total. The second-order valence-corrected chi connectivity index (χ2v) is 7.01. The second kappa shape index (κ2) is 11.7. The molecule has 0 saturated carbocycles. The van der Waals surface area contributed by atoms with Crippen molar-refractivity contribution in [2.45, 2.75) is 39.3 Å². The molecule has 0 fully saturated rings. The number of hydrogen-bond acceptors (Lipinski definition) is 5. The number of nitrogens with two attached hydrogens (primary N) is 1. The van der Waals surface area contributed by atoms with Crippen LogP contribution in [0, 0.1) is 5.82 Å². The normalized spacial score (nSPS) is 11.4. The Labute approximate surface area is 180 Å². The number of amides is 3. The molecule has 9 heteroatoms. The molecule has 2 rings (SSSR count). The molecule has 31 heavy (non-hydrogen) atoms. The maximum atomic E-state index is 13.0. The van der Waals surface area contributed by atoms with Crippen LogP contribution >= 0.6 is 0 Å². The van der Waals surface area contributed by atoms with Crippen molar-refractivity contribution in [2.24, 2.45) is 5.73 Å². The van der Waals surface area contributed by atoms with Gasteiger partial charge in [-0.25, -0.2) is 4.39 Å². The molecular weight excluding hydrogens is 401 g/mol. The molecule has 166 valence electrons. The average molecular weight is 429 g/mol. The number of nitrogens with one attached hydrogen (secondary N) is 4. The Balaban J connectivity index is 2.07. The van der Waals surface area contributed by atoms with Gasteiger partial charge in [0.05, 0.1) is 17.4 Å². The average Bonchev–Trinajstić information content (AvgIpc) is 2.73. The summed E-state index contributed by atoms with van der Waals surface area (Å²) in [4.78, 5) is 35.6. The second-order valence-electron chi connectivity index (χ2n) is 7.01. The van der Waals surface area contributed by atoms with Crippen LogP contribution in [0.25, 0.3) is 0 Å². The number of hydrogen-bond donors (Lipinski definition) is 5. The van der Waals surface area contributed by atoms with Crippen molar-refractivity contribution < 1.29 is 18.8 Å². The maximum Gasteiger partial charge on any atom is 0.241 e. The van der Waals surface area contributed by atoms with Crippen LogP contribution < -0.4 is 27.0 Å². The number of halogens is 1. The number of benzene rings is 2. The highest BCUT2D eigenvalue weighted by Gasteiger charge is 2.17. The summed E-state index contributed by atoms with van der Waals surface area (Å²) in [6.45, 7) is 4.13. The van der Waals surface area contributed by atoms with Crippen molar-refractivity contribution in [1.29, 1.82) is 0 Å². The fraction of sp³-hybridized carbons (Fsp3) is 0.318. The molecule has 0 spiro atoms. The lowest BCUT2D eigenvalue weighted by Crippen LogP contribution is -2.37. The molecular formula is C22H28FN5O3. The van der Waals surface area contributed by atoms with Crippen LogP contribution in [0.15, 0.2) is 42.5 Å². The van der Waals surface area contributed by atoms with Crippen LogP contribution in [-0.4, -0.2) is 30.3 Å². The molecule has 2 aromatic carbocycles. The number of carbonyl (C=O) groups is 3. The van der Waals surface area contributed by atoms with E-state index < -0.39 is 11.9 Å². The molecule has 0 heterocycles. The lowest BCUT2D eigenvalue weighted by atomic mass is 10.1. The zero-order valence-corrected chi connectivity index (χ0v) is 17.6. The first kappa shape index (κ1) is 23.8. The summed E-state index contributed by atoms with van der Waals surface area (Å²) in [6.07, 6.45) is 0.329. The monoisotopic (exact) mass is 429 g/mol. The molecule has 0 aliphatic carbocycles. The smallest absolute Gasteiger partial charge is 0.241 e. The predicted molar refractivity (Wildman–Crippen MR) is 119 cm³/mol. The molecule has 0 aliphatic rings. The van der Waals surface area contributed by atoms with E-state index in [1.807, 2.05) is 6.92 Å². The van der Waals surface area contributed by atoms with Crippen LogP contribution in [0.5, 0.6) is 0 Å². The van der Waals surface area contributed by atoms with Crippen LogP contribution in [-0.2, 0) is 20.9 Å². The third-order valence-corrected chi connectivity index (χ3v) is 4.39. The quantitative estimate of drug-likeness (QED) is 0.397. The van der Waals surface area contributed by atoms with Gasteiger partial charge in [0.25, 0.3) is 0 Å². The molecule has 2 aromatic rings. The molecule has 0 aliphatic heterocycles. The molecule has 3 amide bonds. The Bertz CT molecular complexity index is 918. The van der Waals surface area contributed by atoms with E-state index in [1.54, 1.807) is 30.3 Å². The van der Waals surface area contributed by atoms with Gasteiger partial charge in [-0.2, -0.15) is 0 Å². The van der Waals surface area contributed by atoms with Crippen molar-refractivity contribution in [2.75, 3.05) is 22.5 Å². The number of anilines is 3. The molecule has 8 nitrogen and oxygen atoms in total. The first-order valence-electron chi connectivity index (χ1n) is 10.0. The zero-order valence-electron chi connectivity index (χ0n) is 17.6. The fourth-order valence-electron chi connectivity index (χ4n) is 2.79. The van der Waals surface area contributed by atoms with Gasteiger partial charge in [-0.3, -0.25) is 14.4 Å². The molecule has 0 saturated heterocycles. The van der Waals surface area contributed by atoms with E-state index in [4.69, 9.17) is 5.73 Å². The van der Waals surface area contributed by atoms with Crippen molar-refractivity contribution in [3.8, 4) is 0 Å². The summed E-state index contributed by atoms with van der Waals surface area (Å²) in [5, 5.41) is 11.2. The summed E-state index contributed by atoms with van der Waals surface area (Å²) < 4.78 is 13.0. The molecule has 0 radical (unpaired) electrons. The maximum absolute atomic E-state index is 13.0. The Morgan fingerprint density at radius 1 is 1.03 bits per heavy atom. The largest absolute Gasteiger partial charge is 0.381 e. The van der Waals surface area contributed by atoms with Gasteiger partial charge < -0.3 is 27.0 Å². The predicted octanol–water partition coefficient (Wildman–Crippen LogP) is 2.58. The highest BCUT2D eigenvalue weighted by atomic mass is 19.1. The Hall–Kier alpha value is -3.46. The minimum atomic E-state index is -0.886. The van der Waals surface area contributed by atoms with E-state index in [0.717, 1.165) is 5.56 Å². The van der Waals surface area contributed by atoms with Crippen LogP contribution in [0.3, 0.4) is 0 Å². The standard InChI is InChI=1S/C22H28FN5O3/c1-3-25-21(30)11-9-18(24)22(31)28-20-12-17(8-10-19(20)27-14(2)29)26-13-15-4-6-16(23)7-5-15/h4-8,10,12,18,26H,3,9,11,13,24H2,1-2H3,(H,25,30)(H,27,29)(H,28,31)/t18-/m0/s1. The Morgan fingerprint density at radius 3 is 2.39 bits per heavy atom. The van der Waals surface area contributed by atoms with Gasteiger partial charge in [-0.05, 0) is 49.2 Å². The van der Waals surface area contributed by atoms with Gasteiger partial charge in [-0.1, -0.05) is 12.1 Å². The summed E-state index contributed by atoms with van der Waals surface area (Å²) in [5.41, 5.74) is 8.28. The van der Waals surface area contributed by atoms with Crippen molar-refractivity contribution in [1.82, 2.24) is 5.32 Å². The van der Waals surface area contributed by atoms with Crippen LogP contribution in [0.4, 0.5) is 21.5 Å². The van der Waals surface area contributed by atoms with Crippen molar-refractivity contribution in [3.05, 3.63) is 53.8 Å². The summed E-state index contributed by atoms with van der Waals surface area (Å²) >= 11 is 0. The van der Waals surface area contributed by atoms with E-state index in [2.05, 4.69) is 21.3 Å². The van der Waals surface area contributed by atoms with Crippen LogP contribution in [0.2, 0.25) is 0 Å². The van der Waals surface area contributed by atoms with Gasteiger partial charge >= 0.3 is 0 Å². The van der Waals surface area contributed by atoms with Gasteiger partial charge in [0.2, 0.25) is 17.7 Å². The van der Waals surface area contributed by atoms with E-state index in [-0.39, 0.29) is 30.5 Å². The third-order valence-electron chi connectivity index (χ3n) is 4.39. The highest BCUT2D eigenvalue weighted by Crippen LogP contribution is 2.26. The number of carbonyl (C=O) groups excluding carboxylic acids is 3. The fourth-order valence-corrected chi connectivity index (χ4v) is 2.79. The Morgan fingerprint density at radius 2 is 1.74 bits per heavy atom. The lowest BCUT2D eigenvalue weighted by molar-refractivity contribution is -0.121. The van der Waals surface area contributed by atoms with Gasteiger partial charge in [0, 0.05) is 32.1 Å². The minimum Gasteiger partial charge on any atom is -0.381 e. The summed E-state index contributed by atoms with van der Waals surface area (Å²) in [6, 6.07) is 10.3. The van der Waals surface area contributed by atoms with E-state index in [9.17, 15) is 18.8 Å². The van der Waals surface area contributed by atoms with Crippen molar-refractivity contribution in [3.63, 3.8) is 0 Å². The zero-order chi connectivity index (χ0) is 22.8. The Kier molecular flexibility index (Phi) is 8.95. The van der Waals surface area contributed by atoms with E-state index in [1.165, 1.54) is 19.1 Å². The highest BCUT2D eigenvalue weighted by molar-refractivity contribution is 6.01. The van der Waals surface area contributed by atoms with E-state index >= 15 is 0 Å². The first-order chi connectivity index (χ1) is 14.8. The van der Waals surface area contributed by atoms with Gasteiger partial charge in [0.15, 0.2) is 0 Å². The number of rotatable bonds is 10. The summed E-state index contributed by atoms with van der Waals surface area (Å²) in [7, 11) is 0. The summed E-state index contributed by atoms with van der Waals surface area (Å²) in [5.74, 6) is -1.23. The van der Waals surface area contributed by atoms with Crippen LogP contribution in [0.1, 0.15) is 32.3 Å². The first-order valence-corrected chi connectivity index (χ1v) is 10.0. The SMILES string of the molecule is CCNC(=O)CC[C@H](N)C(=O)Nc1cc(NCc2ccc(F)cc2)ccc1NC(C)=O. The molecule has 0 aromatic heterocycles. The molecule has 0 unspecified atom stereocenters. The van der Waals surface area contributed by atoms with Gasteiger partial charge in [0.1, 0.15) is 5.82 Å². The minimum absolute atomic E-state index is 0.139. The molecule has 1 atom stereocenters. The molecule has 0 bridgehead atoms. The van der Waals surface area contributed by atoms with Crippen molar-refractivity contribution >= 4 is 34.8 Å².